The summed E-state index contributed by atoms with van der Waals surface area (Å²) in [4.78, 5) is 0. The average molecular weight is 252 g/mol. The summed E-state index contributed by atoms with van der Waals surface area (Å²) in [6, 6.07) is 3.66. The number of hydrogen-bond acceptors (Lipinski definition) is 4. The fourth-order valence-corrected chi connectivity index (χ4v) is 2.26. The largest absolute Gasteiger partial charge is 0.493 e. The smallest absolute Gasteiger partial charge is 0.231 e. The van der Waals surface area contributed by atoms with Crippen LogP contribution in [0.3, 0.4) is 0 Å². The van der Waals surface area contributed by atoms with Gasteiger partial charge in [0.05, 0.1) is 13.2 Å². The highest BCUT2D eigenvalue weighted by Crippen LogP contribution is 2.44. The van der Waals surface area contributed by atoms with Crippen LogP contribution in [0, 0.1) is 5.92 Å². The van der Waals surface area contributed by atoms with E-state index in [4.69, 9.17) is 14.2 Å². The highest BCUT2D eigenvalue weighted by atomic mass is 16.7. The first-order chi connectivity index (χ1) is 8.67. The van der Waals surface area contributed by atoms with E-state index in [1.807, 2.05) is 19.1 Å². The molecule has 0 radical (unpaired) electrons. The maximum absolute atomic E-state index is 10.3. The molecule has 0 spiro atoms. The van der Waals surface area contributed by atoms with E-state index in [1.165, 1.54) is 0 Å². The van der Waals surface area contributed by atoms with Gasteiger partial charge >= 0.3 is 0 Å². The zero-order chi connectivity index (χ0) is 13.1. The monoisotopic (exact) mass is 252 g/mol. The SMILES string of the molecule is CCCC(C)C(O)c1cc(OC)c2c(c1)OCO2. The number of rotatable bonds is 5. The summed E-state index contributed by atoms with van der Waals surface area (Å²) in [6.45, 7) is 4.37. The van der Waals surface area contributed by atoms with Gasteiger partial charge in [0.1, 0.15) is 0 Å². The normalized spacial score (nSPS) is 16.4. The summed E-state index contributed by atoms with van der Waals surface area (Å²) in [5.74, 6) is 2.09. The van der Waals surface area contributed by atoms with Gasteiger partial charge in [-0.25, -0.2) is 0 Å². The van der Waals surface area contributed by atoms with Gasteiger partial charge in [-0.1, -0.05) is 20.3 Å². The van der Waals surface area contributed by atoms with E-state index in [1.54, 1.807) is 7.11 Å². The fraction of sp³-hybridized carbons (Fsp3) is 0.571. The van der Waals surface area contributed by atoms with E-state index in [0.717, 1.165) is 18.4 Å². The Morgan fingerprint density at radius 1 is 1.39 bits per heavy atom. The minimum absolute atomic E-state index is 0.204. The van der Waals surface area contributed by atoms with E-state index in [-0.39, 0.29) is 12.7 Å². The van der Waals surface area contributed by atoms with Crippen LogP contribution in [-0.2, 0) is 0 Å². The van der Waals surface area contributed by atoms with E-state index in [0.29, 0.717) is 17.2 Å². The predicted molar refractivity (Wildman–Crippen MR) is 68.1 cm³/mol. The Labute approximate surface area is 107 Å². The molecule has 1 aromatic rings. The Hall–Kier alpha value is -1.42. The number of fused-ring (bicyclic) bond motifs is 1. The first-order valence-corrected chi connectivity index (χ1v) is 6.33. The minimum Gasteiger partial charge on any atom is -0.493 e. The molecule has 2 rings (SSSR count). The molecule has 4 nitrogen and oxygen atoms in total. The van der Waals surface area contributed by atoms with Crippen LogP contribution in [0.4, 0.5) is 0 Å². The molecular weight excluding hydrogens is 232 g/mol. The standard InChI is InChI=1S/C14H20O4/c1-4-5-9(2)13(15)10-6-11(16-3)14-12(7-10)17-8-18-14/h6-7,9,13,15H,4-5,8H2,1-3H3. The van der Waals surface area contributed by atoms with Gasteiger partial charge in [-0.05, 0) is 30.0 Å². The van der Waals surface area contributed by atoms with Gasteiger partial charge in [0, 0.05) is 0 Å². The second kappa shape index (κ2) is 5.48. The molecule has 18 heavy (non-hydrogen) atoms. The lowest BCUT2D eigenvalue weighted by Crippen LogP contribution is -2.09. The first kappa shape index (κ1) is 13.0. The molecule has 0 saturated carbocycles. The maximum Gasteiger partial charge on any atom is 0.231 e. The molecule has 2 unspecified atom stereocenters. The van der Waals surface area contributed by atoms with E-state index < -0.39 is 6.10 Å². The lowest BCUT2D eigenvalue weighted by Gasteiger charge is -2.19. The molecule has 2 atom stereocenters. The highest BCUT2D eigenvalue weighted by molar-refractivity contribution is 5.55. The van der Waals surface area contributed by atoms with E-state index >= 15 is 0 Å². The lowest BCUT2D eigenvalue weighted by atomic mass is 9.93. The topological polar surface area (TPSA) is 47.9 Å². The molecule has 4 heteroatoms. The van der Waals surface area contributed by atoms with Crippen LogP contribution in [0.25, 0.3) is 0 Å². The molecule has 100 valence electrons. The molecule has 1 aliphatic heterocycles. The third kappa shape index (κ3) is 2.38. The van der Waals surface area contributed by atoms with Crippen molar-refractivity contribution in [3.05, 3.63) is 17.7 Å². The molecular formula is C14H20O4. The summed E-state index contributed by atoms with van der Waals surface area (Å²) in [5.41, 5.74) is 0.817. The number of hydrogen-bond donors (Lipinski definition) is 1. The molecule has 0 aromatic heterocycles. The molecule has 0 saturated heterocycles. The van der Waals surface area contributed by atoms with Crippen LogP contribution in [-0.4, -0.2) is 19.0 Å². The molecule has 1 N–H and O–H groups in total. The Morgan fingerprint density at radius 2 is 2.17 bits per heavy atom. The molecule has 0 aliphatic carbocycles. The number of benzene rings is 1. The second-order valence-corrected chi connectivity index (χ2v) is 4.67. The molecule has 0 fully saturated rings. The summed E-state index contributed by atoms with van der Waals surface area (Å²) >= 11 is 0. The number of methoxy groups -OCH3 is 1. The predicted octanol–water partition coefficient (Wildman–Crippen LogP) is 2.89. The summed E-state index contributed by atoms with van der Waals surface area (Å²) in [5, 5.41) is 10.3. The second-order valence-electron chi connectivity index (χ2n) is 4.67. The molecule has 1 aromatic carbocycles. The van der Waals surface area contributed by atoms with Gasteiger partial charge in [0.25, 0.3) is 0 Å². The third-order valence-electron chi connectivity index (χ3n) is 3.31. The van der Waals surface area contributed by atoms with Crippen molar-refractivity contribution < 1.29 is 19.3 Å². The zero-order valence-electron chi connectivity index (χ0n) is 11.1. The van der Waals surface area contributed by atoms with Crippen LogP contribution < -0.4 is 14.2 Å². The Balaban J connectivity index is 2.28. The maximum atomic E-state index is 10.3. The van der Waals surface area contributed by atoms with Crippen LogP contribution in [0.15, 0.2) is 12.1 Å². The molecule has 1 aliphatic rings. The van der Waals surface area contributed by atoms with Gasteiger partial charge < -0.3 is 19.3 Å². The fourth-order valence-electron chi connectivity index (χ4n) is 2.26. The van der Waals surface area contributed by atoms with Crippen molar-refractivity contribution in [2.24, 2.45) is 5.92 Å². The van der Waals surface area contributed by atoms with Gasteiger partial charge in [-0.15, -0.1) is 0 Å². The van der Waals surface area contributed by atoms with Crippen molar-refractivity contribution in [2.75, 3.05) is 13.9 Å². The number of ether oxygens (including phenoxy) is 3. The van der Waals surface area contributed by atoms with Crippen LogP contribution in [0.5, 0.6) is 17.2 Å². The Kier molecular flexibility index (Phi) is 3.97. The Morgan fingerprint density at radius 3 is 2.83 bits per heavy atom. The minimum atomic E-state index is -0.506. The molecule has 0 bridgehead atoms. The zero-order valence-corrected chi connectivity index (χ0v) is 11.1. The quantitative estimate of drug-likeness (QED) is 0.875. The first-order valence-electron chi connectivity index (χ1n) is 6.33. The highest BCUT2D eigenvalue weighted by Gasteiger charge is 2.24. The lowest BCUT2D eigenvalue weighted by molar-refractivity contribution is 0.112. The van der Waals surface area contributed by atoms with Crippen molar-refractivity contribution >= 4 is 0 Å². The summed E-state index contributed by atoms with van der Waals surface area (Å²) in [6.07, 6.45) is 1.53. The van der Waals surface area contributed by atoms with Crippen molar-refractivity contribution in [3.63, 3.8) is 0 Å². The van der Waals surface area contributed by atoms with Crippen molar-refractivity contribution in [3.8, 4) is 17.2 Å². The summed E-state index contributed by atoms with van der Waals surface area (Å²) < 4.78 is 16.0. The van der Waals surface area contributed by atoms with Gasteiger partial charge in [0.15, 0.2) is 11.5 Å². The van der Waals surface area contributed by atoms with Gasteiger partial charge in [0.2, 0.25) is 12.5 Å². The summed E-state index contributed by atoms with van der Waals surface area (Å²) in [7, 11) is 1.59. The average Bonchev–Trinajstić information content (AvgIpc) is 2.85. The van der Waals surface area contributed by atoms with E-state index in [9.17, 15) is 5.11 Å². The third-order valence-corrected chi connectivity index (χ3v) is 3.31. The van der Waals surface area contributed by atoms with Crippen LogP contribution in [0.1, 0.15) is 38.4 Å². The number of aliphatic hydroxyl groups excluding tert-OH is 1. The van der Waals surface area contributed by atoms with E-state index in [2.05, 4.69) is 6.92 Å². The van der Waals surface area contributed by atoms with Crippen molar-refractivity contribution in [1.29, 1.82) is 0 Å². The van der Waals surface area contributed by atoms with Crippen LogP contribution in [0.2, 0.25) is 0 Å². The molecule has 1 heterocycles. The van der Waals surface area contributed by atoms with Crippen LogP contribution >= 0.6 is 0 Å². The van der Waals surface area contributed by atoms with Crippen molar-refractivity contribution in [2.45, 2.75) is 32.8 Å². The van der Waals surface area contributed by atoms with Gasteiger partial charge in [-0.3, -0.25) is 0 Å². The van der Waals surface area contributed by atoms with Crippen molar-refractivity contribution in [1.82, 2.24) is 0 Å². The Bertz CT molecular complexity index is 417. The van der Waals surface area contributed by atoms with Gasteiger partial charge in [-0.2, -0.15) is 0 Å². The number of aliphatic hydroxyl groups is 1. The molecule has 0 amide bonds.